The largest absolute Gasteiger partial charge is 0.399 e. The second kappa shape index (κ2) is 6.82. The fraction of sp³-hybridized carbons (Fsp3) is 0.500. The summed E-state index contributed by atoms with van der Waals surface area (Å²) >= 11 is 1.99. The number of hydrogen-bond acceptors (Lipinski definition) is 4. The van der Waals surface area contributed by atoms with Crippen LogP contribution in [0.15, 0.2) is 24.3 Å². The molecule has 1 amide bonds. The fourth-order valence-electron chi connectivity index (χ4n) is 2.17. The third-order valence-electron chi connectivity index (χ3n) is 3.39. The van der Waals surface area contributed by atoms with Crippen LogP contribution in [0.1, 0.15) is 12.8 Å². The summed E-state index contributed by atoms with van der Waals surface area (Å²) in [4.78, 5) is 14.1. The number of amides is 1. The van der Waals surface area contributed by atoms with Crippen molar-refractivity contribution in [2.75, 3.05) is 36.1 Å². The number of nitrogens with zero attached hydrogens (tertiary/aromatic N) is 1. The maximum absolute atomic E-state index is 11.9. The molecule has 1 unspecified atom stereocenters. The molecule has 1 heterocycles. The Morgan fingerprint density at radius 2 is 2.42 bits per heavy atom. The average molecular weight is 279 g/mol. The van der Waals surface area contributed by atoms with Crippen molar-refractivity contribution < 1.29 is 4.79 Å². The SMILES string of the molecule is CN(CCC(=O)Nc1cccc(N)c1)C1CCSC1. The van der Waals surface area contributed by atoms with Crippen molar-refractivity contribution in [2.24, 2.45) is 0 Å². The van der Waals surface area contributed by atoms with Crippen LogP contribution in [0, 0.1) is 0 Å². The highest BCUT2D eigenvalue weighted by atomic mass is 32.2. The Morgan fingerprint density at radius 3 is 3.11 bits per heavy atom. The highest BCUT2D eigenvalue weighted by Crippen LogP contribution is 2.21. The van der Waals surface area contributed by atoms with Crippen molar-refractivity contribution >= 4 is 29.0 Å². The van der Waals surface area contributed by atoms with Crippen LogP contribution in [0.25, 0.3) is 0 Å². The van der Waals surface area contributed by atoms with Gasteiger partial charge < -0.3 is 16.0 Å². The zero-order chi connectivity index (χ0) is 13.7. The van der Waals surface area contributed by atoms with Gasteiger partial charge in [0.2, 0.25) is 5.91 Å². The van der Waals surface area contributed by atoms with E-state index in [1.807, 2.05) is 23.9 Å². The smallest absolute Gasteiger partial charge is 0.225 e. The molecule has 1 saturated heterocycles. The quantitative estimate of drug-likeness (QED) is 0.810. The highest BCUT2D eigenvalue weighted by molar-refractivity contribution is 7.99. The first-order valence-electron chi connectivity index (χ1n) is 6.58. The molecule has 0 saturated carbocycles. The molecule has 104 valence electrons. The van der Waals surface area contributed by atoms with Crippen molar-refractivity contribution in [1.82, 2.24) is 4.90 Å². The number of carbonyl (C=O) groups is 1. The van der Waals surface area contributed by atoms with Crippen LogP contribution >= 0.6 is 11.8 Å². The van der Waals surface area contributed by atoms with E-state index in [4.69, 9.17) is 5.73 Å². The van der Waals surface area contributed by atoms with E-state index in [0.717, 1.165) is 12.2 Å². The van der Waals surface area contributed by atoms with E-state index in [9.17, 15) is 4.79 Å². The first-order valence-corrected chi connectivity index (χ1v) is 7.74. The average Bonchev–Trinajstić information content (AvgIpc) is 2.90. The maximum Gasteiger partial charge on any atom is 0.225 e. The molecule has 0 aliphatic carbocycles. The molecular weight excluding hydrogens is 258 g/mol. The number of anilines is 2. The summed E-state index contributed by atoms with van der Waals surface area (Å²) in [6.07, 6.45) is 1.75. The first-order chi connectivity index (χ1) is 9.15. The third-order valence-corrected chi connectivity index (χ3v) is 4.54. The third kappa shape index (κ3) is 4.44. The summed E-state index contributed by atoms with van der Waals surface area (Å²) in [5, 5.41) is 2.88. The minimum absolute atomic E-state index is 0.0445. The van der Waals surface area contributed by atoms with Gasteiger partial charge in [0.1, 0.15) is 0 Å². The number of nitrogens with one attached hydrogen (secondary N) is 1. The summed E-state index contributed by atoms with van der Waals surface area (Å²) in [7, 11) is 2.10. The normalized spacial score (nSPS) is 18.7. The number of hydrogen-bond donors (Lipinski definition) is 2. The van der Waals surface area contributed by atoms with Crippen LogP contribution in [0.2, 0.25) is 0 Å². The van der Waals surface area contributed by atoms with Crippen LogP contribution in [0.5, 0.6) is 0 Å². The number of thioether (sulfide) groups is 1. The molecular formula is C14H21N3OS. The monoisotopic (exact) mass is 279 g/mol. The lowest BCUT2D eigenvalue weighted by atomic mass is 10.2. The lowest BCUT2D eigenvalue weighted by Gasteiger charge is -2.22. The van der Waals surface area contributed by atoms with Gasteiger partial charge in [-0.25, -0.2) is 0 Å². The molecule has 1 aliphatic heterocycles. The molecule has 1 aromatic carbocycles. The van der Waals surface area contributed by atoms with Gasteiger partial charge in [0.15, 0.2) is 0 Å². The summed E-state index contributed by atoms with van der Waals surface area (Å²) in [5.41, 5.74) is 7.11. The Hall–Kier alpha value is -1.20. The Kier molecular flexibility index (Phi) is 5.10. The standard InChI is InChI=1S/C14H21N3OS/c1-17(13-6-8-19-10-13)7-5-14(18)16-12-4-2-3-11(15)9-12/h2-4,9,13H,5-8,10,15H2,1H3,(H,16,18). The maximum atomic E-state index is 11.9. The number of carbonyl (C=O) groups excluding carboxylic acids is 1. The van der Waals surface area contributed by atoms with E-state index in [2.05, 4.69) is 17.3 Å². The van der Waals surface area contributed by atoms with Crippen molar-refractivity contribution in [3.63, 3.8) is 0 Å². The lowest BCUT2D eigenvalue weighted by molar-refractivity contribution is -0.116. The van der Waals surface area contributed by atoms with E-state index in [1.54, 1.807) is 12.1 Å². The molecule has 0 aromatic heterocycles. The minimum atomic E-state index is 0.0445. The molecule has 5 heteroatoms. The Bertz CT molecular complexity index is 432. The molecule has 0 bridgehead atoms. The number of nitrogens with two attached hydrogens (primary N) is 1. The highest BCUT2D eigenvalue weighted by Gasteiger charge is 2.20. The second-order valence-electron chi connectivity index (χ2n) is 4.92. The lowest BCUT2D eigenvalue weighted by Crippen LogP contribution is -2.34. The number of rotatable bonds is 5. The summed E-state index contributed by atoms with van der Waals surface area (Å²) in [6, 6.07) is 7.90. The zero-order valence-corrected chi connectivity index (χ0v) is 12.1. The van der Waals surface area contributed by atoms with Gasteiger partial charge in [-0.05, 0) is 37.4 Å². The molecule has 1 atom stereocenters. The molecule has 2 rings (SSSR count). The van der Waals surface area contributed by atoms with Crippen LogP contribution in [0.4, 0.5) is 11.4 Å². The zero-order valence-electron chi connectivity index (χ0n) is 11.3. The van der Waals surface area contributed by atoms with Crippen LogP contribution in [-0.2, 0) is 4.79 Å². The molecule has 3 N–H and O–H groups in total. The predicted molar refractivity (Wildman–Crippen MR) is 82.5 cm³/mol. The van der Waals surface area contributed by atoms with Crippen LogP contribution in [0.3, 0.4) is 0 Å². The van der Waals surface area contributed by atoms with Gasteiger partial charge in [-0.1, -0.05) is 6.07 Å². The molecule has 1 aromatic rings. The molecule has 4 nitrogen and oxygen atoms in total. The number of benzene rings is 1. The first kappa shape index (κ1) is 14.2. The van der Waals surface area contributed by atoms with Crippen molar-refractivity contribution in [2.45, 2.75) is 18.9 Å². The number of nitrogen functional groups attached to an aromatic ring is 1. The summed E-state index contributed by atoms with van der Waals surface area (Å²) < 4.78 is 0. The Balaban J connectivity index is 1.75. The summed E-state index contributed by atoms with van der Waals surface area (Å²) in [5.74, 6) is 2.47. The van der Waals surface area contributed by atoms with Gasteiger partial charge in [-0.15, -0.1) is 0 Å². The van der Waals surface area contributed by atoms with Crippen LogP contribution < -0.4 is 11.1 Å². The van der Waals surface area contributed by atoms with E-state index in [1.165, 1.54) is 17.9 Å². The van der Waals surface area contributed by atoms with Gasteiger partial charge >= 0.3 is 0 Å². The molecule has 19 heavy (non-hydrogen) atoms. The van der Waals surface area contributed by atoms with E-state index < -0.39 is 0 Å². The molecule has 0 spiro atoms. The van der Waals surface area contributed by atoms with Crippen molar-refractivity contribution in [3.8, 4) is 0 Å². The van der Waals surface area contributed by atoms with Crippen LogP contribution in [-0.4, -0.2) is 41.9 Å². The fourth-order valence-corrected chi connectivity index (χ4v) is 3.47. The Labute approximate surface area is 118 Å². The van der Waals surface area contributed by atoms with Gasteiger partial charge in [-0.3, -0.25) is 4.79 Å². The molecule has 0 radical (unpaired) electrons. The van der Waals surface area contributed by atoms with E-state index >= 15 is 0 Å². The minimum Gasteiger partial charge on any atom is -0.399 e. The molecule has 1 fully saturated rings. The van der Waals surface area contributed by atoms with Gasteiger partial charge in [0, 0.05) is 36.1 Å². The Morgan fingerprint density at radius 1 is 1.58 bits per heavy atom. The van der Waals surface area contributed by atoms with Gasteiger partial charge in [0.05, 0.1) is 0 Å². The van der Waals surface area contributed by atoms with Crippen molar-refractivity contribution in [3.05, 3.63) is 24.3 Å². The summed E-state index contributed by atoms with van der Waals surface area (Å²) in [6.45, 7) is 0.805. The second-order valence-corrected chi connectivity index (χ2v) is 6.07. The topological polar surface area (TPSA) is 58.4 Å². The van der Waals surface area contributed by atoms with Crippen molar-refractivity contribution in [1.29, 1.82) is 0 Å². The van der Waals surface area contributed by atoms with Gasteiger partial charge in [-0.2, -0.15) is 11.8 Å². The molecule has 1 aliphatic rings. The predicted octanol–water partition coefficient (Wildman–Crippen LogP) is 2.03. The van der Waals surface area contributed by atoms with Gasteiger partial charge in [0.25, 0.3) is 0 Å². The van der Waals surface area contributed by atoms with E-state index in [0.29, 0.717) is 18.2 Å². The van der Waals surface area contributed by atoms with E-state index in [-0.39, 0.29) is 5.91 Å².